The van der Waals surface area contributed by atoms with Crippen LogP contribution in [0.2, 0.25) is 0 Å². The van der Waals surface area contributed by atoms with Gasteiger partial charge in [-0.3, -0.25) is 9.59 Å². The lowest BCUT2D eigenvalue weighted by molar-refractivity contribution is -0.141. The van der Waals surface area contributed by atoms with Gasteiger partial charge < -0.3 is 10.0 Å². The number of amides is 1. The average molecular weight is 314 g/mol. The third kappa shape index (κ3) is 3.18. The summed E-state index contributed by atoms with van der Waals surface area (Å²) in [5.41, 5.74) is 0.985. The summed E-state index contributed by atoms with van der Waals surface area (Å²) in [7, 11) is 0. The van der Waals surface area contributed by atoms with Crippen LogP contribution in [-0.4, -0.2) is 35.0 Å². The van der Waals surface area contributed by atoms with Gasteiger partial charge in [-0.05, 0) is 36.5 Å². The van der Waals surface area contributed by atoms with E-state index in [1.54, 1.807) is 17.0 Å². The minimum absolute atomic E-state index is 0. The van der Waals surface area contributed by atoms with Crippen LogP contribution in [0, 0.1) is 17.7 Å². The highest BCUT2D eigenvalue weighted by Gasteiger charge is 2.47. The molecule has 1 amide bonds. The summed E-state index contributed by atoms with van der Waals surface area (Å²) in [6, 6.07) is 6.26. The number of hydrogen-bond donors (Lipinski definition) is 1. The topological polar surface area (TPSA) is 57.6 Å². The second-order valence-electron chi connectivity index (χ2n) is 5.61. The van der Waals surface area contributed by atoms with Crippen LogP contribution in [0.4, 0.5) is 4.39 Å². The summed E-state index contributed by atoms with van der Waals surface area (Å²) >= 11 is 0. The Morgan fingerprint density at radius 2 is 1.90 bits per heavy atom. The van der Waals surface area contributed by atoms with Crippen molar-refractivity contribution in [2.24, 2.45) is 11.8 Å². The van der Waals surface area contributed by atoms with Crippen LogP contribution in [0.1, 0.15) is 24.3 Å². The van der Waals surface area contributed by atoms with Gasteiger partial charge in [-0.25, -0.2) is 4.39 Å². The Labute approximate surface area is 128 Å². The van der Waals surface area contributed by atoms with Crippen LogP contribution in [0.15, 0.2) is 24.3 Å². The van der Waals surface area contributed by atoms with Gasteiger partial charge >= 0.3 is 5.97 Å². The molecule has 1 N–H and O–H groups in total. The van der Waals surface area contributed by atoms with Crippen LogP contribution < -0.4 is 0 Å². The first-order valence-corrected chi connectivity index (χ1v) is 6.83. The summed E-state index contributed by atoms with van der Waals surface area (Å²) in [6.45, 7) is 0.850. The Bertz CT molecular complexity index is 548. The van der Waals surface area contributed by atoms with E-state index >= 15 is 0 Å². The van der Waals surface area contributed by atoms with Crippen LogP contribution in [-0.2, 0) is 9.59 Å². The Balaban J connectivity index is 0.00000161. The van der Waals surface area contributed by atoms with Gasteiger partial charge in [0.2, 0.25) is 5.91 Å². The molecule has 114 valence electrons. The van der Waals surface area contributed by atoms with Gasteiger partial charge in [-0.2, -0.15) is 0 Å². The van der Waals surface area contributed by atoms with Crippen molar-refractivity contribution in [1.82, 2.24) is 4.90 Å². The number of likely N-dealkylation sites (tertiary alicyclic amines) is 1. The molecule has 4 nitrogen and oxygen atoms in total. The SMILES string of the molecule is Cl.O=C(O)C1CCN(C(=O)C2CC2c2ccc(F)cc2)C1. The second-order valence-corrected chi connectivity index (χ2v) is 5.61. The number of rotatable bonds is 3. The van der Waals surface area contributed by atoms with Crippen LogP contribution in [0.3, 0.4) is 0 Å². The molecule has 1 aliphatic carbocycles. The average Bonchev–Trinajstić information content (AvgIpc) is 3.06. The highest BCUT2D eigenvalue weighted by atomic mass is 35.5. The lowest BCUT2D eigenvalue weighted by Gasteiger charge is -2.15. The van der Waals surface area contributed by atoms with E-state index in [-0.39, 0.29) is 36.0 Å². The van der Waals surface area contributed by atoms with Crippen molar-refractivity contribution in [1.29, 1.82) is 0 Å². The zero-order chi connectivity index (χ0) is 14.3. The maximum atomic E-state index is 12.9. The molecule has 0 aromatic heterocycles. The molecule has 0 spiro atoms. The van der Waals surface area contributed by atoms with E-state index in [1.807, 2.05) is 0 Å². The van der Waals surface area contributed by atoms with Crippen LogP contribution in [0.25, 0.3) is 0 Å². The maximum absolute atomic E-state index is 12.9. The Kier molecular flexibility index (Phi) is 4.52. The number of carbonyl (C=O) groups excluding carboxylic acids is 1. The first-order chi connectivity index (χ1) is 9.56. The monoisotopic (exact) mass is 313 g/mol. The highest BCUT2D eigenvalue weighted by Crippen LogP contribution is 2.48. The molecular formula is C15H17ClFNO3. The third-order valence-electron chi connectivity index (χ3n) is 4.25. The van der Waals surface area contributed by atoms with E-state index in [0.29, 0.717) is 19.5 Å². The molecule has 2 aliphatic rings. The molecule has 1 saturated heterocycles. The van der Waals surface area contributed by atoms with Gasteiger partial charge in [-0.15, -0.1) is 12.4 Å². The lowest BCUT2D eigenvalue weighted by Crippen LogP contribution is -2.31. The zero-order valence-electron chi connectivity index (χ0n) is 11.4. The number of carboxylic acid groups (broad SMARTS) is 1. The fourth-order valence-electron chi connectivity index (χ4n) is 2.94. The van der Waals surface area contributed by atoms with E-state index in [0.717, 1.165) is 12.0 Å². The van der Waals surface area contributed by atoms with Gasteiger partial charge in [0, 0.05) is 19.0 Å². The van der Waals surface area contributed by atoms with E-state index in [1.165, 1.54) is 12.1 Å². The molecule has 6 heteroatoms. The smallest absolute Gasteiger partial charge is 0.308 e. The fraction of sp³-hybridized carbons (Fsp3) is 0.467. The standard InChI is InChI=1S/C15H16FNO3.ClH/c16-11-3-1-9(2-4-11)12-7-13(12)14(18)17-6-5-10(8-17)15(19)20;/h1-4,10,12-13H,5-8H2,(H,19,20);1H. The molecule has 0 bridgehead atoms. The van der Waals surface area contributed by atoms with Crippen molar-refractivity contribution < 1.29 is 19.1 Å². The molecule has 1 aliphatic heterocycles. The maximum Gasteiger partial charge on any atom is 0.308 e. The number of nitrogens with zero attached hydrogens (tertiary/aromatic N) is 1. The van der Waals surface area contributed by atoms with E-state index in [4.69, 9.17) is 5.11 Å². The van der Waals surface area contributed by atoms with Gasteiger partial charge in [0.15, 0.2) is 0 Å². The van der Waals surface area contributed by atoms with Crippen molar-refractivity contribution >= 4 is 24.3 Å². The third-order valence-corrected chi connectivity index (χ3v) is 4.25. The van der Waals surface area contributed by atoms with Crippen LogP contribution in [0.5, 0.6) is 0 Å². The lowest BCUT2D eigenvalue weighted by atomic mass is 10.1. The number of carboxylic acids is 1. The molecule has 3 unspecified atom stereocenters. The molecular weight excluding hydrogens is 297 g/mol. The van der Waals surface area contributed by atoms with Crippen molar-refractivity contribution in [3.8, 4) is 0 Å². The molecule has 1 aromatic carbocycles. The molecule has 0 radical (unpaired) electrons. The molecule has 1 aromatic rings. The summed E-state index contributed by atoms with van der Waals surface area (Å²) < 4.78 is 12.9. The number of aliphatic carboxylic acids is 1. The minimum atomic E-state index is -0.828. The predicted octanol–water partition coefficient (Wildman–Crippen LogP) is 2.28. The van der Waals surface area contributed by atoms with E-state index in [2.05, 4.69) is 0 Å². The minimum Gasteiger partial charge on any atom is -0.481 e. The van der Waals surface area contributed by atoms with E-state index in [9.17, 15) is 14.0 Å². The Hall–Kier alpha value is -1.62. The highest BCUT2D eigenvalue weighted by molar-refractivity contribution is 5.85. The number of benzene rings is 1. The Morgan fingerprint density at radius 3 is 2.48 bits per heavy atom. The molecule has 2 fully saturated rings. The van der Waals surface area contributed by atoms with Gasteiger partial charge in [0.1, 0.15) is 5.82 Å². The van der Waals surface area contributed by atoms with Crippen molar-refractivity contribution in [2.75, 3.05) is 13.1 Å². The number of carbonyl (C=O) groups is 2. The van der Waals surface area contributed by atoms with Gasteiger partial charge in [-0.1, -0.05) is 12.1 Å². The normalized spacial score (nSPS) is 27.1. The number of hydrogen-bond acceptors (Lipinski definition) is 2. The summed E-state index contributed by atoms with van der Waals surface area (Å²) in [6.07, 6.45) is 1.31. The summed E-state index contributed by atoms with van der Waals surface area (Å²) in [4.78, 5) is 24.8. The first kappa shape index (κ1) is 15.8. The Morgan fingerprint density at radius 1 is 1.24 bits per heavy atom. The summed E-state index contributed by atoms with van der Waals surface area (Å²) in [5.74, 6) is -1.39. The molecule has 21 heavy (non-hydrogen) atoms. The zero-order valence-corrected chi connectivity index (χ0v) is 12.2. The molecule has 1 saturated carbocycles. The summed E-state index contributed by atoms with van der Waals surface area (Å²) in [5, 5.41) is 8.95. The molecule has 3 rings (SSSR count). The molecule has 1 heterocycles. The second kappa shape index (κ2) is 6.02. The predicted molar refractivity (Wildman–Crippen MR) is 76.8 cm³/mol. The quantitative estimate of drug-likeness (QED) is 0.931. The number of halogens is 2. The van der Waals surface area contributed by atoms with Crippen molar-refractivity contribution in [3.63, 3.8) is 0 Å². The fourth-order valence-corrected chi connectivity index (χ4v) is 2.94. The van der Waals surface area contributed by atoms with Crippen molar-refractivity contribution in [2.45, 2.75) is 18.8 Å². The van der Waals surface area contributed by atoms with E-state index < -0.39 is 11.9 Å². The van der Waals surface area contributed by atoms with Crippen LogP contribution >= 0.6 is 12.4 Å². The van der Waals surface area contributed by atoms with Crippen molar-refractivity contribution in [3.05, 3.63) is 35.6 Å². The molecule has 3 atom stereocenters. The first-order valence-electron chi connectivity index (χ1n) is 6.83. The largest absolute Gasteiger partial charge is 0.481 e. The van der Waals surface area contributed by atoms with Gasteiger partial charge in [0.25, 0.3) is 0 Å². The van der Waals surface area contributed by atoms with Gasteiger partial charge in [0.05, 0.1) is 5.92 Å².